The quantitative estimate of drug-likeness (QED) is 0.874. The molecule has 0 spiro atoms. The number of para-hydroxylation sites is 1. The van der Waals surface area contributed by atoms with E-state index < -0.39 is 11.5 Å². The summed E-state index contributed by atoms with van der Waals surface area (Å²) in [5, 5.41) is 10.9. The van der Waals surface area contributed by atoms with Crippen molar-refractivity contribution in [3.8, 4) is 5.75 Å². The van der Waals surface area contributed by atoms with Gasteiger partial charge in [-0.05, 0) is 12.1 Å². The Hall–Kier alpha value is -2.34. The smallest absolute Gasteiger partial charge is 0.343 e. The monoisotopic (exact) mass is 317 g/mol. The average Bonchev–Trinajstić information content (AvgIpc) is 2.55. The summed E-state index contributed by atoms with van der Waals surface area (Å²) in [5.74, 6) is -0.571. The van der Waals surface area contributed by atoms with E-state index in [0.29, 0.717) is 37.3 Å². The minimum atomic E-state index is -0.594. The molecule has 1 aliphatic rings. The lowest BCUT2D eigenvalue weighted by Crippen LogP contribution is -2.41. The number of nitrogens with zero attached hydrogens (tertiary/aromatic N) is 1. The number of hydrogen-bond acceptors (Lipinski definition) is 5. The zero-order valence-corrected chi connectivity index (χ0v) is 12.9. The molecule has 1 aromatic carbocycles. The Balaban J connectivity index is 1.87. The van der Waals surface area contributed by atoms with Crippen LogP contribution in [0.2, 0.25) is 0 Å². The number of carbonyl (C=O) groups excluding carboxylic acids is 1. The topological polar surface area (TPSA) is 80.0 Å². The molecule has 1 atom stereocenters. The van der Waals surface area contributed by atoms with Crippen molar-refractivity contribution in [2.45, 2.75) is 19.3 Å². The van der Waals surface area contributed by atoms with Crippen LogP contribution in [0.5, 0.6) is 5.75 Å². The van der Waals surface area contributed by atoms with Crippen molar-refractivity contribution in [3.63, 3.8) is 0 Å². The lowest BCUT2D eigenvalue weighted by atomic mass is 9.96. The molecule has 1 amide bonds. The van der Waals surface area contributed by atoms with Gasteiger partial charge < -0.3 is 19.2 Å². The largest absolute Gasteiger partial charge is 0.507 e. The molecule has 0 radical (unpaired) electrons. The molecular formula is C17H19NO5. The van der Waals surface area contributed by atoms with Gasteiger partial charge in [-0.1, -0.05) is 19.1 Å². The van der Waals surface area contributed by atoms with Crippen LogP contribution in [-0.4, -0.2) is 42.2 Å². The minimum absolute atomic E-state index is 0.0484. The van der Waals surface area contributed by atoms with Gasteiger partial charge in [-0.2, -0.15) is 0 Å². The van der Waals surface area contributed by atoms with E-state index in [9.17, 15) is 14.7 Å². The fourth-order valence-corrected chi connectivity index (χ4v) is 2.89. The van der Waals surface area contributed by atoms with Crippen molar-refractivity contribution in [1.29, 1.82) is 0 Å². The normalized spacial score (nSPS) is 16.5. The van der Waals surface area contributed by atoms with Gasteiger partial charge in [0.05, 0.1) is 24.2 Å². The molecule has 0 aliphatic carbocycles. The first-order valence-corrected chi connectivity index (χ1v) is 7.68. The lowest BCUT2D eigenvalue weighted by Gasteiger charge is -2.27. The van der Waals surface area contributed by atoms with E-state index in [-0.39, 0.29) is 23.6 Å². The van der Waals surface area contributed by atoms with E-state index in [1.807, 2.05) is 0 Å². The summed E-state index contributed by atoms with van der Waals surface area (Å²) in [6.07, 6.45) is 0.149. The van der Waals surface area contributed by atoms with Crippen LogP contribution in [0.4, 0.5) is 0 Å². The molecule has 0 bridgehead atoms. The van der Waals surface area contributed by atoms with Crippen LogP contribution in [0, 0.1) is 0 Å². The molecule has 23 heavy (non-hydrogen) atoms. The molecule has 1 saturated heterocycles. The second kappa shape index (κ2) is 6.42. The van der Waals surface area contributed by atoms with Crippen molar-refractivity contribution in [2.24, 2.45) is 0 Å². The highest BCUT2D eigenvalue weighted by molar-refractivity contribution is 5.84. The van der Waals surface area contributed by atoms with Crippen molar-refractivity contribution in [2.75, 3.05) is 26.3 Å². The molecule has 0 unspecified atom stereocenters. The summed E-state index contributed by atoms with van der Waals surface area (Å²) in [4.78, 5) is 26.2. The fourth-order valence-electron chi connectivity index (χ4n) is 2.89. The number of morpholine rings is 1. The predicted octanol–water partition coefficient (Wildman–Crippen LogP) is 1.85. The van der Waals surface area contributed by atoms with Gasteiger partial charge in [-0.3, -0.25) is 4.79 Å². The first kappa shape index (κ1) is 15.6. The third-order valence-corrected chi connectivity index (χ3v) is 4.16. The molecule has 0 saturated carbocycles. The molecular weight excluding hydrogens is 298 g/mol. The molecule has 6 nitrogen and oxygen atoms in total. The number of fused-ring (bicyclic) bond motifs is 1. The summed E-state index contributed by atoms with van der Waals surface area (Å²) in [5.41, 5.74) is -0.0979. The zero-order chi connectivity index (χ0) is 16.4. The molecule has 122 valence electrons. The molecule has 1 N–H and O–H groups in total. The van der Waals surface area contributed by atoms with Crippen LogP contribution in [0.25, 0.3) is 11.0 Å². The Morgan fingerprint density at radius 2 is 2.00 bits per heavy atom. The van der Waals surface area contributed by atoms with E-state index in [1.165, 1.54) is 0 Å². The van der Waals surface area contributed by atoms with Gasteiger partial charge in [0.2, 0.25) is 5.91 Å². The number of benzene rings is 1. The van der Waals surface area contributed by atoms with Gasteiger partial charge in [0.25, 0.3) is 0 Å². The first-order valence-electron chi connectivity index (χ1n) is 7.68. The van der Waals surface area contributed by atoms with Crippen LogP contribution in [0.15, 0.2) is 33.5 Å². The number of aromatic hydroxyl groups is 1. The third-order valence-electron chi connectivity index (χ3n) is 4.16. The van der Waals surface area contributed by atoms with Gasteiger partial charge in [0, 0.05) is 25.4 Å². The SMILES string of the molecule is C[C@H](CC(=O)N1CCOCC1)c1c(O)c2ccccc2oc1=O. The van der Waals surface area contributed by atoms with E-state index in [2.05, 4.69) is 0 Å². The first-order chi connectivity index (χ1) is 11.1. The Bertz CT molecular complexity index is 776. The van der Waals surface area contributed by atoms with Gasteiger partial charge >= 0.3 is 5.63 Å². The number of ether oxygens (including phenoxy) is 1. The molecule has 1 fully saturated rings. The van der Waals surface area contributed by atoms with E-state index >= 15 is 0 Å². The Labute approximate surface area is 133 Å². The minimum Gasteiger partial charge on any atom is -0.507 e. The van der Waals surface area contributed by atoms with Crippen molar-refractivity contribution in [1.82, 2.24) is 4.90 Å². The van der Waals surface area contributed by atoms with Crippen LogP contribution in [0.3, 0.4) is 0 Å². The Morgan fingerprint density at radius 3 is 2.74 bits per heavy atom. The second-order valence-electron chi connectivity index (χ2n) is 5.75. The highest BCUT2D eigenvalue weighted by Crippen LogP contribution is 2.32. The van der Waals surface area contributed by atoms with Crippen molar-refractivity contribution < 1.29 is 19.1 Å². The van der Waals surface area contributed by atoms with Crippen molar-refractivity contribution >= 4 is 16.9 Å². The van der Waals surface area contributed by atoms with Gasteiger partial charge in [-0.25, -0.2) is 4.79 Å². The Morgan fingerprint density at radius 1 is 1.30 bits per heavy atom. The maximum Gasteiger partial charge on any atom is 0.343 e. The van der Waals surface area contributed by atoms with E-state index in [0.717, 1.165) is 0 Å². The van der Waals surface area contributed by atoms with Crippen LogP contribution in [0.1, 0.15) is 24.8 Å². The molecule has 1 aromatic heterocycles. The maximum atomic E-state index is 12.3. The van der Waals surface area contributed by atoms with E-state index in [1.54, 1.807) is 36.1 Å². The van der Waals surface area contributed by atoms with Crippen LogP contribution >= 0.6 is 0 Å². The van der Waals surface area contributed by atoms with Gasteiger partial charge in [0.1, 0.15) is 11.3 Å². The van der Waals surface area contributed by atoms with Crippen LogP contribution < -0.4 is 5.63 Å². The zero-order valence-electron chi connectivity index (χ0n) is 12.9. The third kappa shape index (κ3) is 3.07. The summed E-state index contributed by atoms with van der Waals surface area (Å²) >= 11 is 0. The average molecular weight is 317 g/mol. The lowest BCUT2D eigenvalue weighted by molar-refractivity contribution is -0.135. The molecule has 3 rings (SSSR count). The summed E-state index contributed by atoms with van der Waals surface area (Å²) in [6.45, 7) is 3.93. The summed E-state index contributed by atoms with van der Waals surface area (Å²) in [7, 11) is 0. The standard InChI is InChI=1S/C17H19NO5/c1-11(10-14(19)18-6-8-22-9-7-18)15-16(20)12-4-2-3-5-13(12)23-17(15)21/h2-5,11,20H,6-10H2,1H3/t11-/m1/s1. The predicted molar refractivity (Wildman–Crippen MR) is 84.6 cm³/mol. The number of hydrogen-bond donors (Lipinski definition) is 1. The molecule has 2 aromatic rings. The fraction of sp³-hybridized carbons (Fsp3) is 0.412. The molecule has 2 heterocycles. The summed E-state index contributed by atoms with van der Waals surface area (Å²) in [6, 6.07) is 6.81. The van der Waals surface area contributed by atoms with E-state index in [4.69, 9.17) is 9.15 Å². The highest BCUT2D eigenvalue weighted by atomic mass is 16.5. The second-order valence-corrected chi connectivity index (χ2v) is 5.75. The number of amides is 1. The summed E-state index contributed by atoms with van der Waals surface area (Å²) < 4.78 is 10.5. The number of carbonyl (C=O) groups is 1. The van der Waals surface area contributed by atoms with Crippen molar-refractivity contribution in [3.05, 3.63) is 40.2 Å². The highest BCUT2D eigenvalue weighted by Gasteiger charge is 2.25. The molecule has 6 heteroatoms. The number of rotatable bonds is 3. The maximum absolute atomic E-state index is 12.3. The Kier molecular flexibility index (Phi) is 4.34. The van der Waals surface area contributed by atoms with Gasteiger partial charge in [-0.15, -0.1) is 0 Å². The van der Waals surface area contributed by atoms with Crippen LogP contribution in [-0.2, 0) is 9.53 Å². The molecule has 1 aliphatic heterocycles. The van der Waals surface area contributed by atoms with Gasteiger partial charge in [0.15, 0.2) is 0 Å².